The fraction of sp³-hybridized carbons (Fsp3) is 0.214. The second-order valence-corrected chi connectivity index (χ2v) is 4.04. The lowest BCUT2D eigenvalue weighted by Crippen LogP contribution is -2.28. The molecule has 2 amide bonds. The Morgan fingerprint density at radius 1 is 1.29 bits per heavy atom. The molecule has 0 spiro atoms. The summed E-state index contributed by atoms with van der Waals surface area (Å²) in [5.41, 5.74) is 0.965. The van der Waals surface area contributed by atoms with Crippen LogP contribution in [0, 0.1) is 0 Å². The first-order valence-corrected chi connectivity index (χ1v) is 6.40. The molecule has 0 aliphatic carbocycles. The molecule has 1 heterocycles. The molecule has 21 heavy (non-hydrogen) atoms. The van der Waals surface area contributed by atoms with E-state index in [4.69, 9.17) is 9.15 Å². The number of carbonyl (C=O) groups is 2. The second-order valence-electron chi connectivity index (χ2n) is 4.04. The molecule has 0 unspecified atom stereocenters. The molecule has 0 aliphatic rings. The van der Waals surface area contributed by atoms with E-state index in [9.17, 15) is 9.59 Å². The van der Waals surface area contributed by atoms with Gasteiger partial charge in [-0.1, -0.05) is 30.3 Å². The SMILES string of the molecule is CCOC(=O)c1cnc(NC(=O)NCc2ccccc2)o1. The number of anilines is 1. The first-order chi connectivity index (χ1) is 10.2. The lowest BCUT2D eigenvalue weighted by molar-refractivity contribution is 0.0491. The van der Waals surface area contributed by atoms with Crippen LogP contribution in [0.15, 0.2) is 40.9 Å². The number of urea groups is 1. The van der Waals surface area contributed by atoms with Gasteiger partial charge in [0.25, 0.3) is 0 Å². The van der Waals surface area contributed by atoms with Gasteiger partial charge in [0.05, 0.1) is 12.8 Å². The lowest BCUT2D eigenvalue weighted by atomic mass is 10.2. The third kappa shape index (κ3) is 4.34. The van der Waals surface area contributed by atoms with Crippen molar-refractivity contribution in [3.05, 3.63) is 47.9 Å². The zero-order chi connectivity index (χ0) is 15.1. The van der Waals surface area contributed by atoms with Gasteiger partial charge in [-0.25, -0.2) is 14.6 Å². The molecule has 0 saturated heterocycles. The largest absolute Gasteiger partial charge is 0.460 e. The topological polar surface area (TPSA) is 93.5 Å². The van der Waals surface area contributed by atoms with Gasteiger partial charge in [-0.05, 0) is 12.5 Å². The van der Waals surface area contributed by atoms with E-state index < -0.39 is 12.0 Å². The van der Waals surface area contributed by atoms with Gasteiger partial charge in [0, 0.05) is 6.54 Å². The summed E-state index contributed by atoms with van der Waals surface area (Å²) in [6.45, 7) is 2.29. The standard InChI is InChI=1S/C14H15N3O4/c1-2-20-12(18)11-9-16-14(21-11)17-13(19)15-8-10-6-4-3-5-7-10/h3-7,9H,2,8H2,1H3,(H2,15,16,17,19). The summed E-state index contributed by atoms with van der Waals surface area (Å²) in [5.74, 6) is -0.682. The summed E-state index contributed by atoms with van der Waals surface area (Å²) in [6, 6.07) is 8.91. The number of benzene rings is 1. The third-order valence-electron chi connectivity index (χ3n) is 2.50. The van der Waals surface area contributed by atoms with E-state index in [1.54, 1.807) is 6.92 Å². The maximum Gasteiger partial charge on any atom is 0.376 e. The van der Waals surface area contributed by atoms with Gasteiger partial charge in [-0.2, -0.15) is 0 Å². The molecule has 0 fully saturated rings. The van der Waals surface area contributed by atoms with E-state index in [0.29, 0.717) is 6.54 Å². The second kappa shape index (κ2) is 7.09. The van der Waals surface area contributed by atoms with E-state index >= 15 is 0 Å². The average Bonchev–Trinajstić information content (AvgIpc) is 2.95. The number of ether oxygens (including phenoxy) is 1. The van der Waals surface area contributed by atoms with Crippen molar-refractivity contribution in [2.45, 2.75) is 13.5 Å². The van der Waals surface area contributed by atoms with Crippen molar-refractivity contribution < 1.29 is 18.7 Å². The molecule has 0 atom stereocenters. The molecule has 2 N–H and O–H groups in total. The smallest absolute Gasteiger partial charge is 0.376 e. The van der Waals surface area contributed by atoms with Crippen LogP contribution in [0.5, 0.6) is 0 Å². The van der Waals surface area contributed by atoms with Gasteiger partial charge in [-0.3, -0.25) is 5.32 Å². The van der Waals surface area contributed by atoms with Gasteiger partial charge in [0.15, 0.2) is 0 Å². The summed E-state index contributed by atoms with van der Waals surface area (Å²) in [6.07, 6.45) is 1.20. The highest BCUT2D eigenvalue weighted by molar-refractivity contribution is 5.89. The molecule has 0 aliphatic heterocycles. The fourth-order valence-corrected chi connectivity index (χ4v) is 1.55. The summed E-state index contributed by atoms with van der Waals surface area (Å²) < 4.78 is 9.81. The van der Waals surface area contributed by atoms with Gasteiger partial charge < -0.3 is 14.5 Å². The van der Waals surface area contributed by atoms with Gasteiger partial charge >= 0.3 is 18.0 Å². The van der Waals surface area contributed by atoms with Crippen LogP contribution in [-0.4, -0.2) is 23.6 Å². The first-order valence-electron chi connectivity index (χ1n) is 6.40. The lowest BCUT2D eigenvalue weighted by Gasteiger charge is -2.04. The molecular formula is C14H15N3O4. The highest BCUT2D eigenvalue weighted by Crippen LogP contribution is 2.10. The Bertz CT molecular complexity index is 610. The number of esters is 1. The highest BCUT2D eigenvalue weighted by atomic mass is 16.5. The molecule has 1 aromatic carbocycles. The van der Waals surface area contributed by atoms with E-state index in [0.717, 1.165) is 5.56 Å². The fourth-order valence-electron chi connectivity index (χ4n) is 1.55. The number of aromatic nitrogens is 1. The molecule has 0 saturated carbocycles. The summed E-state index contributed by atoms with van der Waals surface area (Å²) in [7, 11) is 0. The van der Waals surface area contributed by atoms with E-state index in [-0.39, 0.29) is 18.4 Å². The van der Waals surface area contributed by atoms with Crippen LogP contribution in [0.4, 0.5) is 10.8 Å². The number of nitrogens with one attached hydrogen (secondary N) is 2. The number of oxazole rings is 1. The minimum absolute atomic E-state index is 0.0600. The highest BCUT2D eigenvalue weighted by Gasteiger charge is 2.14. The Morgan fingerprint density at radius 3 is 2.76 bits per heavy atom. The summed E-state index contributed by atoms with van der Waals surface area (Å²) >= 11 is 0. The quantitative estimate of drug-likeness (QED) is 0.823. The normalized spacial score (nSPS) is 9.95. The maximum atomic E-state index is 11.7. The van der Waals surface area contributed by atoms with Gasteiger partial charge in [-0.15, -0.1) is 0 Å². The zero-order valence-electron chi connectivity index (χ0n) is 11.5. The molecular weight excluding hydrogens is 274 g/mol. The Balaban J connectivity index is 1.84. The summed E-state index contributed by atoms with van der Waals surface area (Å²) in [4.78, 5) is 26.8. The van der Waals surface area contributed by atoms with Crippen molar-refractivity contribution in [2.75, 3.05) is 11.9 Å². The van der Waals surface area contributed by atoms with Crippen LogP contribution in [-0.2, 0) is 11.3 Å². The molecule has 2 rings (SSSR count). The Hall–Kier alpha value is -2.83. The number of nitrogens with zero attached hydrogens (tertiary/aromatic N) is 1. The Morgan fingerprint density at radius 2 is 2.05 bits per heavy atom. The van der Waals surface area contributed by atoms with Gasteiger partial charge in [0.2, 0.25) is 5.76 Å². The first kappa shape index (κ1) is 14.6. The zero-order valence-corrected chi connectivity index (χ0v) is 11.5. The van der Waals surface area contributed by atoms with Crippen LogP contribution in [0.25, 0.3) is 0 Å². The molecule has 2 aromatic rings. The van der Waals surface area contributed by atoms with Crippen molar-refractivity contribution in [1.29, 1.82) is 0 Å². The van der Waals surface area contributed by atoms with Crippen molar-refractivity contribution in [3.8, 4) is 0 Å². The number of amides is 2. The number of rotatable bonds is 5. The van der Waals surface area contributed by atoms with Crippen LogP contribution in [0.2, 0.25) is 0 Å². The molecule has 110 valence electrons. The van der Waals surface area contributed by atoms with Crippen LogP contribution < -0.4 is 10.6 Å². The minimum Gasteiger partial charge on any atom is -0.460 e. The average molecular weight is 289 g/mol. The molecule has 7 nitrogen and oxygen atoms in total. The van der Waals surface area contributed by atoms with Crippen molar-refractivity contribution >= 4 is 18.0 Å². The van der Waals surface area contributed by atoms with E-state index in [1.165, 1.54) is 6.20 Å². The summed E-state index contributed by atoms with van der Waals surface area (Å²) in [5, 5.41) is 5.04. The number of carbonyl (C=O) groups excluding carboxylic acids is 2. The number of hydrogen-bond donors (Lipinski definition) is 2. The maximum absolute atomic E-state index is 11.7. The van der Waals surface area contributed by atoms with Crippen molar-refractivity contribution in [2.24, 2.45) is 0 Å². The van der Waals surface area contributed by atoms with Crippen molar-refractivity contribution in [1.82, 2.24) is 10.3 Å². The van der Waals surface area contributed by atoms with Gasteiger partial charge in [0.1, 0.15) is 0 Å². The predicted molar refractivity (Wildman–Crippen MR) is 74.8 cm³/mol. The molecule has 7 heteroatoms. The monoisotopic (exact) mass is 289 g/mol. The van der Waals surface area contributed by atoms with E-state index in [1.807, 2.05) is 30.3 Å². The molecule has 0 radical (unpaired) electrons. The number of hydrogen-bond acceptors (Lipinski definition) is 5. The van der Waals surface area contributed by atoms with Crippen LogP contribution >= 0.6 is 0 Å². The molecule has 1 aromatic heterocycles. The van der Waals surface area contributed by atoms with E-state index in [2.05, 4.69) is 15.6 Å². The van der Waals surface area contributed by atoms with Crippen molar-refractivity contribution in [3.63, 3.8) is 0 Å². The predicted octanol–water partition coefficient (Wildman–Crippen LogP) is 2.17. The Labute approximate surface area is 121 Å². The minimum atomic E-state index is -0.622. The van der Waals surface area contributed by atoms with Crippen LogP contribution in [0.1, 0.15) is 23.0 Å². The Kier molecular flexibility index (Phi) is 4.92. The third-order valence-corrected chi connectivity index (χ3v) is 2.50. The molecule has 0 bridgehead atoms. The van der Waals surface area contributed by atoms with Crippen LogP contribution in [0.3, 0.4) is 0 Å².